The van der Waals surface area contributed by atoms with Crippen molar-refractivity contribution >= 4 is 17.0 Å². The minimum atomic E-state index is 0.812. The van der Waals surface area contributed by atoms with Crippen LogP contribution in [0.4, 0.5) is 5.69 Å². The van der Waals surface area contributed by atoms with Crippen LogP contribution < -0.4 is 9.54 Å². The topological polar surface area (TPSA) is 26.5 Å². The maximum Gasteiger partial charge on any atom is 0.190 e. The number of thiazole rings is 1. The number of ether oxygens (including phenoxy) is 1. The van der Waals surface area contributed by atoms with E-state index in [4.69, 9.17) is 9.73 Å². The largest absolute Gasteiger partial charge is 0.494 e. The molecule has 18 heavy (non-hydrogen) atoms. The third kappa shape index (κ3) is 2.64. The van der Waals surface area contributed by atoms with Gasteiger partial charge in [-0.3, -0.25) is 0 Å². The molecular formula is C14H18N2OS. The molecule has 0 saturated heterocycles. The molecular weight excluding hydrogens is 244 g/mol. The fourth-order valence-electron chi connectivity index (χ4n) is 1.82. The Kier molecular flexibility index (Phi) is 4.20. The van der Waals surface area contributed by atoms with Crippen LogP contribution in [0.5, 0.6) is 5.75 Å². The summed E-state index contributed by atoms with van der Waals surface area (Å²) in [6, 6.07) is 7.84. The standard InChI is InChI=1S/C14H18N2OS/c1-4-9-16-11(2)10-18-14(16)15-12-7-5-6-8-13(12)17-3/h5-8,10H,4,9H2,1-3H3. The van der Waals surface area contributed by atoms with E-state index in [-0.39, 0.29) is 0 Å². The molecule has 96 valence electrons. The van der Waals surface area contributed by atoms with Gasteiger partial charge in [0.2, 0.25) is 0 Å². The maximum atomic E-state index is 5.33. The smallest absolute Gasteiger partial charge is 0.190 e. The molecule has 0 fully saturated rings. The first kappa shape index (κ1) is 12.9. The summed E-state index contributed by atoms with van der Waals surface area (Å²) in [4.78, 5) is 5.73. The zero-order chi connectivity index (χ0) is 13.0. The van der Waals surface area contributed by atoms with Gasteiger partial charge in [0.05, 0.1) is 7.11 Å². The van der Waals surface area contributed by atoms with E-state index in [1.165, 1.54) is 5.69 Å². The van der Waals surface area contributed by atoms with Crippen molar-refractivity contribution in [2.75, 3.05) is 7.11 Å². The Hall–Kier alpha value is -1.55. The Bertz CT molecular complexity index is 583. The summed E-state index contributed by atoms with van der Waals surface area (Å²) in [5.74, 6) is 0.812. The molecule has 0 aliphatic heterocycles. The first-order valence-corrected chi connectivity index (χ1v) is 6.97. The van der Waals surface area contributed by atoms with Crippen molar-refractivity contribution in [2.45, 2.75) is 26.8 Å². The first-order valence-electron chi connectivity index (χ1n) is 6.09. The van der Waals surface area contributed by atoms with E-state index in [9.17, 15) is 0 Å². The van der Waals surface area contributed by atoms with Gasteiger partial charge in [0, 0.05) is 17.6 Å². The van der Waals surface area contributed by atoms with E-state index in [1.807, 2.05) is 24.3 Å². The van der Waals surface area contributed by atoms with Gasteiger partial charge in [-0.2, -0.15) is 0 Å². The van der Waals surface area contributed by atoms with Crippen LogP contribution in [0.25, 0.3) is 0 Å². The molecule has 2 rings (SSSR count). The Morgan fingerprint density at radius 1 is 1.33 bits per heavy atom. The van der Waals surface area contributed by atoms with E-state index >= 15 is 0 Å². The summed E-state index contributed by atoms with van der Waals surface area (Å²) < 4.78 is 7.57. The van der Waals surface area contributed by atoms with Gasteiger partial charge in [0.1, 0.15) is 11.4 Å². The lowest BCUT2D eigenvalue weighted by Crippen LogP contribution is -2.15. The highest BCUT2D eigenvalue weighted by Crippen LogP contribution is 2.25. The normalized spacial score (nSPS) is 11.8. The fraction of sp³-hybridized carbons (Fsp3) is 0.357. The Balaban J connectivity index is 2.50. The Morgan fingerprint density at radius 3 is 2.83 bits per heavy atom. The third-order valence-electron chi connectivity index (χ3n) is 2.74. The van der Waals surface area contributed by atoms with E-state index in [0.717, 1.165) is 29.2 Å². The van der Waals surface area contributed by atoms with Crippen molar-refractivity contribution in [3.63, 3.8) is 0 Å². The number of hydrogen-bond donors (Lipinski definition) is 0. The number of methoxy groups -OCH3 is 1. The van der Waals surface area contributed by atoms with Crippen molar-refractivity contribution < 1.29 is 4.74 Å². The first-order chi connectivity index (χ1) is 8.76. The van der Waals surface area contributed by atoms with Crippen LogP contribution in [0.15, 0.2) is 34.6 Å². The molecule has 0 spiro atoms. The van der Waals surface area contributed by atoms with Gasteiger partial charge >= 0.3 is 0 Å². The molecule has 2 aromatic rings. The molecule has 0 N–H and O–H groups in total. The highest BCUT2D eigenvalue weighted by molar-refractivity contribution is 7.07. The zero-order valence-corrected chi connectivity index (χ0v) is 11.8. The van der Waals surface area contributed by atoms with Gasteiger partial charge in [-0.25, -0.2) is 4.99 Å². The summed E-state index contributed by atoms with van der Waals surface area (Å²) in [5, 5.41) is 2.14. The van der Waals surface area contributed by atoms with Crippen LogP contribution in [0.2, 0.25) is 0 Å². The number of aryl methyl sites for hydroxylation is 1. The van der Waals surface area contributed by atoms with Crippen molar-refractivity contribution in [1.29, 1.82) is 0 Å². The van der Waals surface area contributed by atoms with Crippen molar-refractivity contribution in [3.8, 4) is 5.75 Å². The molecule has 4 heteroatoms. The predicted molar refractivity (Wildman–Crippen MR) is 75.6 cm³/mol. The van der Waals surface area contributed by atoms with Gasteiger partial charge in [-0.15, -0.1) is 11.3 Å². The molecule has 0 radical (unpaired) electrons. The second-order valence-corrected chi connectivity index (χ2v) is 4.93. The third-order valence-corrected chi connectivity index (χ3v) is 3.72. The SMILES string of the molecule is CCCn1c(C)csc1=Nc1ccccc1OC. The Labute approximate surface area is 111 Å². The number of hydrogen-bond acceptors (Lipinski definition) is 3. The van der Waals surface area contributed by atoms with Crippen molar-refractivity contribution in [2.24, 2.45) is 4.99 Å². The Morgan fingerprint density at radius 2 is 2.11 bits per heavy atom. The van der Waals surface area contributed by atoms with Crippen LogP contribution >= 0.6 is 11.3 Å². The number of para-hydroxylation sites is 2. The molecule has 0 bridgehead atoms. The number of benzene rings is 1. The zero-order valence-electron chi connectivity index (χ0n) is 11.0. The van der Waals surface area contributed by atoms with Crippen LogP contribution in [0, 0.1) is 6.92 Å². The molecule has 0 amide bonds. The lowest BCUT2D eigenvalue weighted by Gasteiger charge is -2.05. The summed E-state index contributed by atoms with van der Waals surface area (Å²) in [7, 11) is 1.67. The lowest BCUT2D eigenvalue weighted by atomic mass is 10.3. The minimum absolute atomic E-state index is 0.812. The van der Waals surface area contributed by atoms with Crippen LogP contribution in [0.1, 0.15) is 19.0 Å². The monoisotopic (exact) mass is 262 g/mol. The van der Waals surface area contributed by atoms with E-state index in [1.54, 1.807) is 18.4 Å². The van der Waals surface area contributed by atoms with E-state index < -0.39 is 0 Å². The fourth-order valence-corrected chi connectivity index (χ4v) is 2.74. The van der Waals surface area contributed by atoms with Crippen molar-refractivity contribution in [3.05, 3.63) is 40.1 Å². The molecule has 1 aromatic carbocycles. The molecule has 0 aliphatic rings. The second-order valence-electron chi connectivity index (χ2n) is 4.09. The molecule has 3 nitrogen and oxygen atoms in total. The summed E-state index contributed by atoms with van der Waals surface area (Å²) in [6.45, 7) is 5.30. The van der Waals surface area contributed by atoms with Crippen LogP contribution in [-0.2, 0) is 6.54 Å². The summed E-state index contributed by atoms with van der Waals surface area (Å²) >= 11 is 1.67. The average molecular weight is 262 g/mol. The van der Waals surface area contributed by atoms with Crippen LogP contribution in [-0.4, -0.2) is 11.7 Å². The van der Waals surface area contributed by atoms with Gasteiger partial charge < -0.3 is 9.30 Å². The quantitative estimate of drug-likeness (QED) is 0.828. The molecule has 0 atom stereocenters. The summed E-state index contributed by atoms with van der Waals surface area (Å²) in [6.07, 6.45) is 1.11. The number of aromatic nitrogens is 1. The van der Waals surface area contributed by atoms with E-state index in [0.29, 0.717) is 0 Å². The predicted octanol–water partition coefficient (Wildman–Crippen LogP) is 3.51. The maximum absolute atomic E-state index is 5.33. The minimum Gasteiger partial charge on any atom is -0.494 e. The molecule has 0 aliphatic carbocycles. The van der Waals surface area contributed by atoms with Crippen molar-refractivity contribution in [1.82, 2.24) is 4.57 Å². The van der Waals surface area contributed by atoms with Gasteiger partial charge in [-0.1, -0.05) is 19.1 Å². The lowest BCUT2D eigenvalue weighted by molar-refractivity contribution is 0.416. The van der Waals surface area contributed by atoms with Crippen LogP contribution in [0.3, 0.4) is 0 Å². The van der Waals surface area contributed by atoms with Gasteiger partial charge in [-0.05, 0) is 25.5 Å². The molecule has 1 heterocycles. The van der Waals surface area contributed by atoms with E-state index in [2.05, 4.69) is 23.8 Å². The average Bonchev–Trinajstić information content (AvgIpc) is 2.73. The van der Waals surface area contributed by atoms with Gasteiger partial charge in [0.25, 0.3) is 0 Å². The highest BCUT2D eigenvalue weighted by Gasteiger charge is 2.03. The second kappa shape index (κ2) is 5.87. The highest BCUT2D eigenvalue weighted by atomic mass is 32.1. The number of nitrogens with zero attached hydrogens (tertiary/aromatic N) is 2. The molecule has 0 saturated carbocycles. The number of rotatable bonds is 4. The molecule has 0 unspecified atom stereocenters. The summed E-state index contributed by atoms with van der Waals surface area (Å²) in [5.41, 5.74) is 2.14. The van der Waals surface area contributed by atoms with Gasteiger partial charge in [0.15, 0.2) is 4.80 Å². The molecule has 1 aromatic heterocycles.